The Balaban J connectivity index is 4.31. The zero-order valence-electron chi connectivity index (χ0n) is 44.3. The summed E-state index contributed by atoms with van der Waals surface area (Å²) in [7, 11) is 0. The summed E-state index contributed by atoms with van der Waals surface area (Å²) in [6.07, 6.45) is 74.1. The number of esters is 3. The lowest BCUT2D eigenvalue weighted by molar-refractivity contribution is -0.167. The minimum absolute atomic E-state index is 0.0996. The summed E-state index contributed by atoms with van der Waals surface area (Å²) in [6.45, 7) is 6.40. The van der Waals surface area contributed by atoms with Gasteiger partial charge in [0.2, 0.25) is 0 Å². The average Bonchev–Trinajstić information content (AvgIpc) is 3.34. The molecule has 6 heteroatoms. The molecule has 0 aliphatic rings. The van der Waals surface area contributed by atoms with Crippen molar-refractivity contribution in [1.82, 2.24) is 0 Å². The van der Waals surface area contributed by atoms with Gasteiger partial charge in [0.1, 0.15) is 13.2 Å². The molecule has 0 aliphatic heterocycles. The lowest BCUT2D eigenvalue weighted by Crippen LogP contribution is -2.30. The average molecular weight is 946 g/mol. The molecule has 0 rings (SSSR count). The van der Waals surface area contributed by atoms with Crippen molar-refractivity contribution in [2.45, 2.75) is 264 Å². The highest BCUT2D eigenvalue weighted by Crippen LogP contribution is 2.14. The molecule has 1 unspecified atom stereocenters. The van der Waals surface area contributed by atoms with Gasteiger partial charge in [0.15, 0.2) is 6.10 Å². The van der Waals surface area contributed by atoms with Crippen molar-refractivity contribution in [3.05, 3.63) is 97.2 Å². The van der Waals surface area contributed by atoms with Crippen LogP contribution in [0.25, 0.3) is 0 Å². The largest absolute Gasteiger partial charge is 0.462 e. The minimum Gasteiger partial charge on any atom is -0.462 e. The molecule has 0 aromatic heterocycles. The van der Waals surface area contributed by atoms with E-state index in [0.29, 0.717) is 19.3 Å². The number of hydrogen-bond donors (Lipinski definition) is 0. The number of ether oxygens (including phenoxy) is 3. The molecule has 0 saturated heterocycles. The minimum atomic E-state index is -0.804. The predicted octanol–water partition coefficient (Wildman–Crippen LogP) is 18.9. The summed E-state index contributed by atoms with van der Waals surface area (Å²) in [6, 6.07) is 0. The third kappa shape index (κ3) is 53.3. The van der Waals surface area contributed by atoms with Gasteiger partial charge >= 0.3 is 17.9 Å². The van der Waals surface area contributed by atoms with Gasteiger partial charge in [-0.05, 0) is 116 Å². The molecule has 388 valence electrons. The molecule has 68 heavy (non-hydrogen) atoms. The number of carbonyl (C=O) groups is 3. The molecule has 0 radical (unpaired) electrons. The van der Waals surface area contributed by atoms with Crippen LogP contribution in [0.15, 0.2) is 97.2 Å². The van der Waals surface area contributed by atoms with Crippen LogP contribution in [0.5, 0.6) is 0 Å². The second kappa shape index (κ2) is 55.9. The molecule has 0 spiro atoms. The van der Waals surface area contributed by atoms with E-state index in [2.05, 4.69) is 118 Å². The summed E-state index contributed by atoms with van der Waals surface area (Å²) in [5.74, 6) is -0.957. The van der Waals surface area contributed by atoms with Crippen molar-refractivity contribution >= 4 is 17.9 Å². The topological polar surface area (TPSA) is 78.9 Å². The number of rotatable bonds is 50. The van der Waals surface area contributed by atoms with Crippen LogP contribution in [-0.4, -0.2) is 37.2 Å². The maximum atomic E-state index is 12.8. The quantitative estimate of drug-likeness (QED) is 0.0262. The van der Waals surface area contributed by atoms with Crippen molar-refractivity contribution in [2.75, 3.05) is 13.2 Å². The summed E-state index contributed by atoms with van der Waals surface area (Å²) in [5.41, 5.74) is 0. The van der Waals surface area contributed by atoms with Crippen LogP contribution in [0, 0.1) is 0 Å². The standard InChI is InChI=1S/C62H104O6/c1-4-7-10-13-16-19-22-24-26-27-28-29-30-31-32-33-34-35-37-38-40-43-46-49-52-55-61(64)67-58-59(57-66-60(63)54-51-48-45-42-21-18-15-12-9-6-3)68-62(65)56-53-50-47-44-41-39-36-25-23-20-17-14-11-8-5-2/h8,11-12,15,17,20,22,24-25,27-28,30-31,36,41,44,59H,4-7,9-10,13-14,16,18-19,21,23,26,29,32-35,37-40,42-43,45-58H2,1-3H3/b11-8-,15-12-,20-17-,24-22-,28-27-,31-30-,36-25-,44-41-. The van der Waals surface area contributed by atoms with Gasteiger partial charge in [-0.3, -0.25) is 14.4 Å². The van der Waals surface area contributed by atoms with E-state index in [9.17, 15) is 14.4 Å². The van der Waals surface area contributed by atoms with E-state index in [0.717, 1.165) is 109 Å². The molecular weight excluding hydrogens is 841 g/mol. The molecule has 0 aromatic carbocycles. The lowest BCUT2D eigenvalue weighted by Gasteiger charge is -2.18. The van der Waals surface area contributed by atoms with E-state index in [1.165, 1.54) is 103 Å². The van der Waals surface area contributed by atoms with Crippen LogP contribution in [0.4, 0.5) is 0 Å². The van der Waals surface area contributed by atoms with Gasteiger partial charge in [0, 0.05) is 19.3 Å². The second-order valence-corrected chi connectivity index (χ2v) is 18.5. The zero-order chi connectivity index (χ0) is 49.3. The number of unbranched alkanes of at least 4 members (excludes halogenated alkanes) is 23. The van der Waals surface area contributed by atoms with Gasteiger partial charge in [0.05, 0.1) is 0 Å². The van der Waals surface area contributed by atoms with E-state index in [4.69, 9.17) is 14.2 Å². The van der Waals surface area contributed by atoms with Crippen LogP contribution < -0.4 is 0 Å². The van der Waals surface area contributed by atoms with Crippen molar-refractivity contribution in [1.29, 1.82) is 0 Å². The third-order valence-electron chi connectivity index (χ3n) is 11.8. The number of hydrogen-bond acceptors (Lipinski definition) is 6. The fourth-order valence-electron chi connectivity index (χ4n) is 7.56. The van der Waals surface area contributed by atoms with Gasteiger partial charge < -0.3 is 14.2 Å². The Labute approximate surface area is 419 Å². The maximum Gasteiger partial charge on any atom is 0.306 e. The van der Waals surface area contributed by atoms with Gasteiger partial charge in [0.25, 0.3) is 0 Å². The molecule has 1 atom stereocenters. The van der Waals surface area contributed by atoms with Crippen molar-refractivity contribution in [2.24, 2.45) is 0 Å². The molecule has 0 bridgehead atoms. The first kappa shape index (κ1) is 64.3. The molecule has 0 heterocycles. The van der Waals surface area contributed by atoms with Crippen LogP contribution in [-0.2, 0) is 28.6 Å². The van der Waals surface area contributed by atoms with E-state index < -0.39 is 6.10 Å². The van der Waals surface area contributed by atoms with Gasteiger partial charge in [-0.2, -0.15) is 0 Å². The normalized spacial score (nSPS) is 12.8. The van der Waals surface area contributed by atoms with Gasteiger partial charge in [-0.15, -0.1) is 0 Å². The zero-order valence-corrected chi connectivity index (χ0v) is 44.3. The molecule has 0 fully saturated rings. The highest BCUT2D eigenvalue weighted by Gasteiger charge is 2.19. The molecule has 0 saturated carbocycles. The maximum absolute atomic E-state index is 12.8. The molecule has 0 N–H and O–H groups in total. The van der Waals surface area contributed by atoms with E-state index in [1.807, 2.05) is 0 Å². The molecular formula is C62H104O6. The Bertz CT molecular complexity index is 1360. The number of allylic oxidation sites excluding steroid dienone is 16. The van der Waals surface area contributed by atoms with Crippen molar-refractivity contribution < 1.29 is 28.6 Å². The smallest absolute Gasteiger partial charge is 0.306 e. The fourth-order valence-corrected chi connectivity index (χ4v) is 7.56. The summed E-state index contributed by atoms with van der Waals surface area (Å²) < 4.78 is 16.8. The Morgan fingerprint density at radius 1 is 0.309 bits per heavy atom. The highest BCUT2D eigenvalue weighted by molar-refractivity contribution is 5.71. The monoisotopic (exact) mass is 945 g/mol. The Hall–Kier alpha value is -3.67. The Morgan fingerprint density at radius 2 is 0.603 bits per heavy atom. The van der Waals surface area contributed by atoms with Crippen molar-refractivity contribution in [3.63, 3.8) is 0 Å². The molecule has 6 nitrogen and oxygen atoms in total. The summed E-state index contributed by atoms with van der Waals surface area (Å²) in [4.78, 5) is 38.0. The SMILES string of the molecule is CC/C=C\C/C=C\C/C=C\C/C=C\CCCCC(=O)OC(COC(=O)CCCCCCC/C=C\CCC)COC(=O)CCCCCCCCCCCC/C=C\C/C=C\C/C=C\CCCCCCC. The number of carbonyl (C=O) groups excluding carboxylic acids is 3. The summed E-state index contributed by atoms with van der Waals surface area (Å²) in [5, 5.41) is 0. The molecule has 0 aliphatic carbocycles. The van der Waals surface area contributed by atoms with E-state index in [-0.39, 0.29) is 37.5 Å². The molecule has 0 aromatic rings. The highest BCUT2D eigenvalue weighted by atomic mass is 16.6. The van der Waals surface area contributed by atoms with Gasteiger partial charge in [-0.1, -0.05) is 221 Å². The van der Waals surface area contributed by atoms with Crippen LogP contribution in [0.1, 0.15) is 258 Å². The van der Waals surface area contributed by atoms with Crippen LogP contribution in [0.3, 0.4) is 0 Å². The second-order valence-electron chi connectivity index (χ2n) is 18.5. The fraction of sp³-hybridized carbons (Fsp3) is 0.694. The summed E-state index contributed by atoms with van der Waals surface area (Å²) >= 11 is 0. The van der Waals surface area contributed by atoms with Gasteiger partial charge in [-0.25, -0.2) is 0 Å². The van der Waals surface area contributed by atoms with E-state index >= 15 is 0 Å². The Kier molecular flexibility index (Phi) is 52.9. The van der Waals surface area contributed by atoms with Crippen molar-refractivity contribution in [3.8, 4) is 0 Å². The predicted molar refractivity (Wildman–Crippen MR) is 293 cm³/mol. The third-order valence-corrected chi connectivity index (χ3v) is 11.8. The molecule has 0 amide bonds. The lowest BCUT2D eigenvalue weighted by atomic mass is 10.1. The first-order valence-electron chi connectivity index (χ1n) is 28.2. The Morgan fingerprint density at radius 3 is 1.00 bits per heavy atom. The first-order valence-corrected chi connectivity index (χ1v) is 28.2. The van der Waals surface area contributed by atoms with Crippen LogP contribution in [0.2, 0.25) is 0 Å². The van der Waals surface area contributed by atoms with Crippen LogP contribution >= 0.6 is 0 Å². The first-order chi connectivity index (χ1) is 33.5. The van der Waals surface area contributed by atoms with E-state index in [1.54, 1.807) is 0 Å².